The van der Waals surface area contributed by atoms with Crippen molar-refractivity contribution in [1.82, 2.24) is 0 Å². The number of ether oxygens (including phenoxy) is 1. The molecular formula is C22H35NO2SSi. The van der Waals surface area contributed by atoms with Gasteiger partial charge in [-0.05, 0) is 54.4 Å². The van der Waals surface area contributed by atoms with Crippen molar-refractivity contribution < 1.29 is 9.16 Å². The predicted octanol–water partition coefficient (Wildman–Crippen LogP) is 6.66. The lowest BCUT2D eigenvalue weighted by Gasteiger charge is -2.64. The summed E-state index contributed by atoms with van der Waals surface area (Å²) in [4.78, 5) is -0.424. The molecule has 1 heterocycles. The van der Waals surface area contributed by atoms with Crippen molar-refractivity contribution in [2.45, 2.75) is 88.7 Å². The molecule has 0 spiro atoms. The van der Waals surface area contributed by atoms with Gasteiger partial charge >= 0.3 is 0 Å². The van der Waals surface area contributed by atoms with Crippen LogP contribution in [0.2, 0.25) is 16.6 Å². The molecule has 0 bridgehead atoms. The number of hydrogen-bond acceptors (Lipinski definition) is 4. The normalized spacial score (nSPS) is 24.9. The van der Waals surface area contributed by atoms with E-state index in [2.05, 4.69) is 67.7 Å². The highest BCUT2D eigenvalue weighted by Gasteiger charge is 2.67. The molecular weight excluding hydrogens is 370 g/mol. The van der Waals surface area contributed by atoms with E-state index in [1.165, 1.54) is 0 Å². The number of nitriles is 1. The van der Waals surface area contributed by atoms with Crippen LogP contribution in [0.3, 0.4) is 0 Å². The Morgan fingerprint density at radius 1 is 1.04 bits per heavy atom. The quantitative estimate of drug-likeness (QED) is 0.376. The number of thioether (sulfide) groups is 1. The van der Waals surface area contributed by atoms with Crippen LogP contribution in [0.4, 0.5) is 0 Å². The first-order chi connectivity index (χ1) is 12.5. The molecule has 0 aromatic heterocycles. The molecule has 0 N–H and O–H groups in total. The molecule has 0 aliphatic carbocycles. The van der Waals surface area contributed by atoms with Crippen LogP contribution >= 0.6 is 11.8 Å². The molecule has 0 saturated carbocycles. The lowest BCUT2D eigenvalue weighted by molar-refractivity contribution is -0.291. The molecule has 1 aliphatic heterocycles. The van der Waals surface area contributed by atoms with E-state index in [1.807, 2.05) is 24.3 Å². The van der Waals surface area contributed by atoms with Crippen LogP contribution in [0, 0.1) is 11.3 Å². The number of nitrogens with zero attached hydrogens (tertiary/aromatic N) is 1. The summed E-state index contributed by atoms with van der Waals surface area (Å²) in [6, 6.07) is 9.95. The van der Waals surface area contributed by atoms with Crippen LogP contribution < -0.4 is 0 Å². The van der Waals surface area contributed by atoms with Crippen molar-refractivity contribution in [3.63, 3.8) is 0 Å². The summed E-state index contributed by atoms with van der Waals surface area (Å²) < 4.78 is 13.7. The van der Waals surface area contributed by atoms with E-state index >= 15 is 0 Å². The van der Waals surface area contributed by atoms with Gasteiger partial charge in [0.25, 0.3) is 0 Å². The summed E-state index contributed by atoms with van der Waals surface area (Å²) in [7, 11) is -2.09. The molecule has 0 amide bonds. The third-order valence-electron chi connectivity index (χ3n) is 6.28. The maximum Gasteiger partial charge on any atom is 0.202 e. The molecule has 150 valence electrons. The summed E-state index contributed by atoms with van der Waals surface area (Å²) in [6.07, 6.45) is 2.01. The second kappa shape index (κ2) is 7.91. The van der Waals surface area contributed by atoms with Crippen molar-refractivity contribution in [1.29, 1.82) is 5.26 Å². The van der Waals surface area contributed by atoms with Crippen molar-refractivity contribution in [2.75, 3.05) is 6.26 Å². The first-order valence-corrected chi connectivity index (χ1v) is 13.3. The van der Waals surface area contributed by atoms with Gasteiger partial charge in [-0.25, -0.2) is 0 Å². The molecule has 1 aromatic carbocycles. The summed E-state index contributed by atoms with van der Waals surface area (Å²) in [6.45, 7) is 18.2. The molecule has 1 aromatic rings. The Morgan fingerprint density at radius 3 is 1.85 bits per heavy atom. The first-order valence-electron chi connectivity index (χ1n) is 9.91. The van der Waals surface area contributed by atoms with Crippen LogP contribution in [0.15, 0.2) is 24.3 Å². The van der Waals surface area contributed by atoms with Crippen molar-refractivity contribution in [3.05, 3.63) is 35.4 Å². The monoisotopic (exact) mass is 405 g/mol. The average molecular weight is 406 g/mol. The van der Waals surface area contributed by atoms with Crippen molar-refractivity contribution in [3.8, 4) is 6.07 Å². The Balaban J connectivity index is 2.53. The molecule has 1 aliphatic rings. The van der Waals surface area contributed by atoms with Gasteiger partial charge in [0.2, 0.25) is 8.32 Å². The highest BCUT2D eigenvalue weighted by atomic mass is 32.2. The van der Waals surface area contributed by atoms with E-state index in [0.29, 0.717) is 22.2 Å². The van der Waals surface area contributed by atoms with Crippen LogP contribution in [0.25, 0.3) is 0 Å². The molecule has 2 atom stereocenters. The SMILES string of the molecule is CS[C@]1(O[Si](C(C)C)(C(C)C)C(C)C)[C@@H](c2ccc(C#N)cc2)OC1(C)C. The molecule has 0 unspecified atom stereocenters. The minimum atomic E-state index is -2.09. The number of benzene rings is 1. The Hall–Kier alpha value is -0.803. The van der Waals surface area contributed by atoms with E-state index in [1.54, 1.807) is 11.8 Å². The second-order valence-electron chi connectivity index (χ2n) is 9.03. The van der Waals surface area contributed by atoms with Crippen molar-refractivity contribution >= 4 is 20.1 Å². The molecule has 1 saturated heterocycles. The fourth-order valence-electron chi connectivity index (χ4n) is 4.92. The highest BCUT2D eigenvalue weighted by Crippen LogP contribution is 2.62. The zero-order valence-electron chi connectivity index (χ0n) is 18.3. The molecule has 3 nitrogen and oxygen atoms in total. The highest BCUT2D eigenvalue weighted by molar-refractivity contribution is 8.00. The van der Waals surface area contributed by atoms with Gasteiger partial charge in [0.1, 0.15) is 11.7 Å². The fraction of sp³-hybridized carbons (Fsp3) is 0.682. The topological polar surface area (TPSA) is 42.2 Å². The van der Waals surface area contributed by atoms with Gasteiger partial charge < -0.3 is 9.16 Å². The van der Waals surface area contributed by atoms with Gasteiger partial charge in [-0.1, -0.05) is 53.7 Å². The third-order valence-corrected chi connectivity index (χ3v) is 13.9. The fourth-order valence-corrected chi connectivity index (χ4v) is 12.2. The van der Waals surface area contributed by atoms with Gasteiger partial charge in [0.15, 0.2) is 4.93 Å². The second-order valence-corrected chi connectivity index (χ2v) is 15.4. The minimum absolute atomic E-state index is 0.127. The van der Waals surface area contributed by atoms with E-state index < -0.39 is 13.3 Å². The predicted molar refractivity (Wildman–Crippen MR) is 117 cm³/mol. The van der Waals surface area contributed by atoms with Crippen LogP contribution in [-0.2, 0) is 9.16 Å². The van der Waals surface area contributed by atoms with Gasteiger partial charge in [0, 0.05) is 0 Å². The number of hydrogen-bond donors (Lipinski definition) is 0. The largest absolute Gasteiger partial charge is 0.397 e. The minimum Gasteiger partial charge on any atom is -0.397 e. The van der Waals surface area contributed by atoms with Gasteiger partial charge in [-0.15, -0.1) is 11.8 Å². The Morgan fingerprint density at radius 2 is 1.52 bits per heavy atom. The van der Waals surface area contributed by atoms with Gasteiger partial charge in [-0.2, -0.15) is 5.26 Å². The van der Waals surface area contributed by atoms with Crippen LogP contribution in [0.5, 0.6) is 0 Å². The number of rotatable bonds is 7. The smallest absolute Gasteiger partial charge is 0.202 e. The summed E-state index contributed by atoms with van der Waals surface area (Å²) in [5, 5.41) is 9.10. The molecule has 5 heteroatoms. The first kappa shape index (κ1) is 22.5. The Kier molecular flexibility index (Phi) is 6.58. The maximum atomic E-state index is 9.10. The summed E-state index contributed by atoms with van der Waals surface area (Å²) >= 11 is 1.78. The summed E-state index contributed by atoms with van der Waals surface area (Å²) in [5.41, 5.74) is 2.92. The molecule has 0 radical (unpaired) electrons. The lowest BCUT2D eigenvalue weighted by atomic mass is 9.84. The van der Waals surface area contributed by atoms with Crippen LogP contribution in [0.1, 0.15) is 72.6 Å². The van der Waals surface area contributed by atoms with Gasteiger partial charge in [0.05, 0.1) is 11.6 Å². The van der Waals surface area contributed by atoms with E-state index in [-0.39, 0.29) is 11.7 Å². The lowest BCUT2D eigenvalue weighted by Crippen LogP contribution is -2.70. The summed E-state index contributed by atoms with van der Waals surface area (Å²) in [5.74, 6) is 0. The van der Waals surface area contributed by atoms with E-state index in [0.717, 1.165) is 5.56 Å². The zero-order valence-corrected chi connectivity index (χ0v) is 20.1. The molecule has 1 fully saturated rings. The Bertz CT molecular complexity index is 671. The Labute approximate surface area is 171 Å². The van der Waals surface area contributed by atoms with E-state index in [9.17, 15) is 0 Å². The standard InChI is InChI=1S/C22H35NO2SSi/c1-15(2)27(16(3)4,17(5)6)25-22(26-9)20(24-21(22,7)8)19-12-10-18(14-23)11-13-19/h10-13,15-17,20H,1-9H3/t20-,22-/m1/s1. The third kappa shape index (κ3) is 3.50. The molecule has 27 heavy (non-hydrogen) atoms. The van der Waals surface area contributed by atoms with E-state index in [4.69, 9.17) is 14.4 Å². The van der Waals surface area contributed by atoms with Gasteiger partial charge in [-0.3, -0.25) is 0 Å². The van der Waals surface area contributed by atoms with Crippen LogP contribution in [-0.4, -0.2) is 25.1 Å². The maximum absolute atomic E-state index is 9.10. The average Bonchev–Trinajstić information content (AvgIpc) is 2.60. The van der Waals surface area contributed by atoms with Crippen molar-refractivity contribution in [2.24, 2.45) is 0 Å². The molecule has 2 rings (SSSR count). The zero-order chi connectivity index (χ0) is 20.6.